The first kappa shape index (κ1) is 16.0. The van der Waals surface area contributed by atoms with Crippen molar-refractivity contribution in [3.8, 4) is 11.1 Å². The van der Waals surface area contributed by atoms with Gasteiger partial charge in [0.2, 0.25) is 0 Å². The number of aliphatic carboxylic acids is 1. The number of halogens is 3. The second-order valence-electron chi connectivity index (χ2n) is 4.83. The van der Waals surface area contributed by atoms with E-state index in [9.17, 15) is 18.0 Å². The summed E-state index contributed by atoms with van der Waals surface area (Å²) in [5.41, 5.74) is 0.682. The van der Waals surface area contributed by atoms with Gasteiger partial charge in [-0.05, 0) is 24.5 Å². The molecule has 0 saturated heterocycles. The predicted octanol–water partition coefficient (Wildman–Crippen LogP) is 4.17. The number of alkyl halides is 3. The molecule has 2 aromatic rings. The SMILES string of the molecule is O=C(O)CCCc1ncc(C(F)(F)F)cc1-c1ccccc1. The third kappa shape index (κ3) is 4.07. The van der Waals surface area contributed by atoms with E-state index in [2.05, 4.69) is 4.98 Å². The Kier molecular flexibility index (Phi) is 4.80. The summed E-state index contributed by atoms with van der Waals surface area (Å²) in [7, 11) is 0. The van der Waals surface area contributed by atoms with Crippen LogP contribution in [0.15, 0.2) is 42.6 Å². The predicted molar refractivity (Wildman–Crippen MR) is 75.2 cm³/mol. The normalized spacial score (nSPS) is 11.4. The number of benzene rings is 1. The van der Waals surface area contributed by atoms with Crippen molar-refractivity contribution in [2.24, 2.45) is 0 Å². The molecule has 0 aliphatic carbocycles. The summed E-state index contributed by atoms with van der Waals surface area (Å²) in [6, 6.07) is 9.72. The molecule has 6 heteroatoms. The minimum atomic E-state index is -4.46. The monoisotopic (exact) mass is 309 g/mol. The summed E-state index contributed by atoms with van der Waals surface area (Å²) >= 11 is 0. The largest absolute Gasteiger partial charge is 0.481 e. The highest BCUT2D eigenvalue weighted by molar-refractivity contribution is 5.68. The number of aryl methyl sites for hydroxylation is 1. The lowest BCUT2D eigenvalue weighted by Crippen LogP contribution is -2.08. The highest BCUT2D eigenvalue weighted by atomic mass is 19.4. The van der Waals surface area contributed by atoms with Crippen LogP contribution in [0, 0.1) is 0 Å². The Morgan fingerprint density at radius 1 is 1.18 bits per heavy atom. The quantitative estimate of drug-likeness (QED) is 0.901. The van der Waals surface area contributed by atoms with Gasteiger partial charge in [-0.1, -0.05) is 30.3 Å². The van der Waals surface area contributed by atoms with Crippen molar-refractivity contribution >= 4 is 5.97 Å². The third-order valence-electron chi connectivity index (χ3n) is 3.19. The number of carbonyl (C=O) groups is 1. The van der Waals surface area contributed by atoms with Crippen LogP contribution in [0.5, 0.6) is 0 Å². The van der Waals surface area contributed by atoms with Gasteiger partial charge in [-0.15, -0.1) is 0 Å². The summed E-state index contributed by atoms with van der Waals surface area (Å²) in [5, 5.41) is 8.66. The molecule has 0 saturated carbocycles. The van der Waals surface area contributed by atoms with Gasteiger partial charge in [0.1, 0.15) is 0 Å². The molecular formula is C16H14F3NO2. The summed E-state index contributed by atoms with van der Waals surface area (Å²) in [6.07, 6.45) is -3.07. The molecule has 0 spiro atoms. The fourth-order valence-electron chi connectivity index (χ4n) is 2.12. The van der Waals surface area contributed by atoms with Crippen LogP contribution in [-0.4, -0.2) is 16.1 Å². The van der Waals surface area contributed by atoms with Crippen molar-refractivity contribution in [2.45, 2.75) is 25.4 Å². The number of nitrogens with zero attached hydrogens (tertiary/aromatic N) is 1. The number of carboxylic acid groups (broad SMARTS) is 1. The molecule has 0 atom stereocenters. The average Bonchev–Trinajstić information content (AvgIpc) is 2.47. The number of hydrogen-bond donors (Lipinski definition) is 1. The van der Waals surface area contributed by atoms with Crippen molar-refractivity contribution in [2.75, 3.05) is 0 Å². The van der Waals surface area contributed by atoms with E-state index in [-0.39, 0.29) is 6.42 Å². The molecule has 116 valence electrons. The van der Waals surface area contributed by atoms with Crippen LogP contribution in [0.25, 0.3) is 11.1 Å². The van der Waals surface area contributed by atoms with E-state index in [1.807, 2.05) is 0 Å². The van der Waals surface area contributed by atoms with E-state index in [1.165, 1.54) is 0 Å². The van der Waals surface area contributed by atoms with Crippen LogP contribution in [-0.2, 0) is 17.4 Å². The number of rotatable bonds is 5. The second kappa shape index (κ2) is 6.60. The van der Waals surface area contributed by atoms with E-state index in [0.29, 0.717) is 29.7 Å². The van der Waals surface area contributed by atoms with E-state index < -0.39 is 17.7 Å². The van der Waals surface area contributed by atoms with Crippen molar-refractivity contribution in [1.29, 1.82) is 0 Å². The van der Waals surface area contributed by atoms with E-state index in [1.54, 1.807) is 30.3 Å². The highest BCUT2D eigenvalue weighted by Gasteiger charge is 2.31. The summed E-state index contributed by atoms with van der Waals surface area (Å²) in [4.78, 5) is 14.5. The molecule has 0 aliphatic rings. The highest BCUT2D eigenvalue weighted by Crippen LogP contribution is 2.33. The van der Waals surface area contributed by atoms with E-state index in [0.717, 1.165) is 12.3 Å². The maximum Gasteiger partial charge on any atom is 0.417 e. The van der Waals surface area contributed by atoms with Crippen LogP contribution in [0.3, 0.4) is 0 Å². The molecule has 22 heavy (non-hydrogen) atoms. The van der Waals surface area contributed by atoms with Gasteiger partial charge >= 0.3 is 12.1 Å². The maximum absolute atomic E-state index is 12.9. The van der Waals surface area contributed by atoms with Crippen molar-refractivity contribution in [3.63, 3.8) is 0 Å². The number of pyridine rings is 1. The fourth-order valence-corrected chi connectivity index (χ4v) is 2.12. The van der Waals surface area contributed by atoms with Crippen molar-refractivity contribution < 1.29 is 23.1 Å². The van der Waals surface area contributed by atoms with Crippen LogP contribution in [0.2, 0.25) is 0 Å². The lowest BCUT2D eigenvalue weighted by atomic mass is 9.99. The minimum absolute atomic E-state index is 0.0447. The lowest BCUT2D eigenvalue weighted by Gasteiger charge is -2.13. The van der Waals surface area contributed by atoms with E-state index in [4.69, 9.17) is 5.11 Å². The van der Waals surface area contributed by atoms with Gasteiger partial charge in [0.05, 0.1) is 5.56 Å². The number of hydrogen-bond acceptors (Lipinski definition) is 2. The van der Waals surface area contributed by atoms with Crippen LogP contribution in [0.1, 0.15) is 24.1 Å². The molecule has 1 heterocycles. The first-order valence-electron chi connectivity index (χ1n) is 6.71. The molecular weight excluding hydrogens is 295 g/mol. The Labute approximate surface area is 125 Å². The molecule has 0 radical (unpaired) electrons. The smallest absolute Gasteiger partial charge is 0.417 e. The zero-order chi connectivity index (χ0) is 16.2. The zero-order valence-electron chi connectivity index (χ0n) is 11.6. The lowest BCUT2D eigenvalue weighted by molar-refractivity contribution is -0.138. The summed E-state index contributed by atoms with van der Waals surface area (Å²) < 4.78 is 38.6. The molecule has 1 aromatic heterocycles. The van der Waals surface area contributed by atoms with Gasteiger partial charge in [-0.2, -0.15) is 13.2 Å². The first-order chi connectivity index (χ1) is 10.4. The zero-order valence-corrected chi connectivity index (χ0v) is 11.6. The molecule has 0 amide bonds. The Hall–Kier alpha value is -2.37. The molecule has 2 rings (SSSR count). The van der Waals surface area contributed by atoms with Gasteiger partial charge in [0.15, 0.2) is 0 Å². The van der Waals surface area contributed by atoms with Gasteiger partial charge < -0.3 is 5.11 Å². The first-order valence-corrected chi connectivity index (χ1v) is 6.71. The molecule has 0 unspecified atom stereocenters. The van der Waals surface area contributed by atoms with Gasteiger partial charge in [0.25, 0.3) is 0 Å². The summed E-state index contributed by atoms with van der Waals surface area (Å²) in [5.74, 6) is -0.937. The Bertz CT molecular complexity index is 654. The molecule has 0 bridgehead atoms. The third-order valence-corrected chi connectivity index (χ3v) is 3.19. The topological polar surface area (TPSA) is 50.2 Å². The second-order valence-corrected chi connectivity index (χ2v) is 4.83. The van der Waals surface area contributed by atoms with E-state index >= 15 is 0 Å². The maximum atomic E-state index is 12.9. The Balaban J connectivity index is 2.38. The molecule has 0 fully saturated rings. The Morgan fingerprint density at radius 2 is 1.86 bits per heavy atom. The van der Waals surface area contributed by atoms with Crippen LogP contribution in [0.4, 0.5) is 13.2 Å². The van der Waals surface area contributed by atoms with Gasteiger partial charge in [-0.25, -0.2) is 0 Å². The molecule has 0 aliphatic heterocycles. The minimum Gasteiger partial charge on any atom is -0.481 e. The van der Waals surface area contributed by atoms with Crippen molar-refractivity contribution in [3.05, 3.63) is 53.9 Å². The summed E-state index contributed by atoms with van der Waals surface area (Å²) in [6.45, 7) is 0. The van der Waals surface area contributed by atoms with Crippen molar-refractivity contribution in [1.82, 2.24) is 4.98 Å². The van der Waals surface area contributed by atoms with Gasteiger partial charge in [0, 0.05) is 23.9 Å². The molecule has 3 nitrogen and oxygen atoms in total. The number of carboxylic acids is 1. The Morgan fingerprint density at radius 3 is 2.45 bits per heavy atom. The molecule has 1 N–H and O–H groups in total. The average molecular weight is 309 g/mol. The molecule has 1 aromatic carbocycles. The van der Waals surface area contributed by atoms with Crippen LogP contribution >= 0.6 is 0 Å². The fraction of sp³-hybridized carbons (Fsp3) is 0.250. The number of aromatic nitrogens is 1. The van der Waals surface area contributed by atoms with Gasteiger partial charge in [-0.3, -0.25) is 9.78 Å². The standard InChI is InChI=1S/C16H14F3NO2/c17-16(18,19)12-9-13(11-5-2-1-3-6-11)14(20-10-12)7-4-8-15(21)22/h1-3,5-6,9-10H,4,7-8H2,(H,21,22). The van der Waals surface area contributed by atoms with Crippen LogP contribution < -0.4 is 0 Å².